The fourth-order valence-corrected chi connectivity index (χ4v) is 3.50. The van der Waals surface area contributed by atoms with Gasteiger partial charge in [-0.2, -0.15) is 0 Å². The third kappa shape index (κ3) is 3.45. The van der Waals surface area contributed by atoms with Gasteiger partial charge in [-0.1, -0.05) is 42.0 Å². The lowest BCUT2D eigenvalue weighted by atomic mass is 9.95. The van der Waals surface area contributed by atoms with Crippen LogP contribution in [0.2, 0.25) is 0 Å². The van der Waals surface area contributed by atoms with Crippen molar-refractivity contribution in [2.24, 2.45) is 0 Å². The number of ketones is 1. The first kappa shape index (κ1) is 18.7. The van der Waals surface area contributed by atoms with Gasteiger partial charge in [0.05, 0.1) is 24.4 Å². The number of likely N-dealkylation sites (tertiary alicyclic amines) is 1. The molecule has 146 valence electrons. The van der Waals surface area contributed by atoms with Gasteiger partial charge in [0.2, 0.25) is 0 Å². The van der Waals surface area contributed by atoms with Crippen molar-refractivity contribution in [3.8, 4) is 0 Å². The van der Waals surface area contributed by atoms with Crippen LogP contribution in [0, 0.1) is 12.7 Å². The maximum absolute atomic E-state index is 13.9. The number of hydrogen-bond donors (Lipinski definition) is 1. The van der Waals surface area contributed by atoms with Crippen LogP contribution in [-0.4, -0.2) is 21.7 Å². The molecule has 6 heteroatoms. The number of amides is 1. The van der Waals surface area contributed by atoms with E-state index < -0.39 is 23.5 Å². The highest BCUT2D eigenvalue weighted by Gasteiger charge is 2.46. The molecule has 4 rings (SSSR count). The van der Waals surface area contributed by atoms with E-state index in [0.717, 1.165) is 5.56 Å². The molecule has 1 aliphatic heterocycles. The van der Waals surface area contributed by atoms with Crippen LogP contribution in [-0.2, 0) is 16.1 Å². The molecule has 5 nitrogen and oxygen atoms in total. The number of benzene rings is 2. The Morgan fingerprint density at radius 2 is 1.86 bits per heavy atom. The van der Waals surface area contributed by atoms with Crippen LogP contribution in [0.25, 0.3) is 5.76 Å². The van der Waals surface area contributed by atoms with Crippen molar-refractivity contribution < 1.29 is 23.5 Å². The lowest BCUT2D eigenvalue weighted by molar-refractivity contribution is -0.140. The molecule has 0 unspecified atom stereocenters. The maximum atomic E-state index is 13.9. The largest absolute Gasteiger partial charge is 0.507 e. The number of aliphatic hydroxyl groups is 1. The van der Waals surface area contributed by atoms with Gasteiger partial charge in [0.1, 0.15) is 17.3 Å². The Hall–Kier alpha value is -3.67. The standard InChI is InChI=1S/C23H18FNO4/c1-14-7-9-15(10-8-14)21(26)19-20(16-4-2-5-17(24)12-16)25(23(28)22(19)27)13-18-6-3-11-29-18/h2-12,20,26H,13H2,1H3/b21-19+/t20-/m1/s1. The monoisotopic (exact) mass is 391 g/mol. The second-order valence-corrected chi connectivity index (χ2v) is 6.93. The molecule has 29 heavy (non-hydrogen) atoms. The Morgan fingerprint density at radius 1 is 1.10 bits per heavy atom. The van der Waals surface area contributed by atoms with E-state index in [1.54, 1.807) is 42.5 Å². The molecular formula is C23H18FNO4. The molecule has 2 aromatic carbocycles. The van der Waals surface area contributed by atoms with Crippen LogP contribution < -0.4 is 0 Å². The number of carbonyl (C=O) groups excluding carboxylic acids is 2. The summed E-state index contributed by atoms with van der Waals surface area (Å²) in [6, 6.07) is 15.0. The van der Waals surface area contributed by atoms with Crippen LogP contribution in [0.1, 0.15) is 28.5 Å². The summed E-state index contributed by atoms with van der Waals surface area (Å²) < 4.78 is 19.3. The molecule has 0 aliphatic carbocycles. The van der Waals surface area contributed by atoms with Gasteiger partial charge < -0.3 is 14.4 Å². The van der Waals surface area contributed by atoms with Crippen molar-refractivity contribution in [1.82, 2.24) is 4.90 Å². The van der Waals surface area contributed by atoms with Gasteiger partial charge in [-0.25, -0.2) is 4.39 Å². The summed E-state index contributed by atoms with van der Waals surface area (Å²) in [4.78, 5) is 26.9. The first-order valence-corrected chi connectivity index (χ1v) is 9.09. The van der Waals surface area contributed by atoms with E-state index in [0.29, 0.717) is 16.9 Å². The molecule has 1 aliphatic rings. The Balaban J connectivity index is 1.87. The Kier molecular flexibility index (Phi) is 4.76. The molecule has 3 aromatic rings. The molecule has 0 spiro atoms. The number of hydrogen-bond acceptors (Lipinski definition) is 4. The van der Waals surface area contributed by atoms with E-state index in [1.165, 1.54) is 29.4 Å². The topological polar surface area (TPSA) is 70.8 Å². The van der Waals surface area contributed by atoms with Gasteiger partial charge in [-0.05, 0) is 36.8 Å². The average molecular weight is 391 g/mol. The summed E-state index contributed by atoms with van der Waals surface area (Å²) in [7, 11) is 0. The van der Waals surface area contributed by atoms with Crippen molar-refractivity contribution in [2.45, 2.75) is 19.5 Å². The van der Waals surface area contributed by atoms with Gasteiger partial charge in [0.25, 0.3) is 11.7 Å². The lowest BCUT2D eigenvalue weighted by Gasteiger charge is -2.24. The van der Waals surface area contributed by atoms with Gasteiger partial charge >= 0.3 is 0 Å². The zero-order valence-corrected chi connectivity index (χ0v) is 15.6. The second-order valence-electron chi connectivity index (χ2n) is 6.93. The summed E-state index contributed by atoms with van der Waals surface area (Å²) in [5.74, 6) is -1.90. The minimum atomic E-state index is -0.933. The van der Waals surface area contributed by atoms with E-state index in [9.17, 15) is 19.1 Å². The molecule has 1 saturated heterocycles. The zero-order chi connectivity index (χ0) is 20.5. The number of nitrogens with zero attached hydrogens (tertiary/aromatic N) is 1. The second kappa shape index (κ2) is 7.39. The summed E-state index contributed by atoms with van der Waals surface area (Å²) in [6.45, 7) is 1.92. The van der Waals surface area contributed by atoms with Crippen LogP contribution in [0.15, 0.2) is 76.9 Å². The van der Waals surface area contributed by atoms with Gasteiger partial charge in [0, 0.05) is 5.56 Å². The first-order chi connectivity index (χ1) is 14.0. The molecule has 0 bridgehead atoms. The van der Waals surface area contributed by atoms with Crippen molar-refractivity contribution >= 4 is 17.4 Å². The van der Waals surface area contributed by atoms with Gasteiger partial charge in [-0.15, -0.1) is 0 Å². The zero-order valence-electron chi connectivity index (χ0n) is 15.6. The van der Waals surface area contributed by atoms with Crippen LogP contribution >= 0.6 is 0 Å². The lowest BCUT2D eigenvalue weighted by Crippen LogP contribution is -2.29. The molecule has 1 aromatic heterocycles. The predicted octanol–water partition coefficient (Wildman–Crippen LogP) is 4.35. The molecule has 1 fully saturated rings. The Bertz CT molecular complexity index is 1100. The van der Waals surface area contributed by atoms with Crippen LogP contribution in [0.4, 0.5) is 4.39 Å². The summed E-state index contributed by atoms with van der Waals surface area (Å²) in [5.41, 5.74) is 1.72. The number of halogens is 1. The third-order valence-electron chi connectivity index (χ3n) is 4.94. The van der Waals surface area contributed by atoms with Gasteiger partial charge in [-0.3, -0.25) is 9.59 Å². The van der Waals surface area contributed by atoms with E-state index in [4.69, 9.17) is 4.42 Å². The van der Waals surface area contributed by atoms with E-state index in [-0.39, 0.29) is 17.9 Å². The average Bonchev–Trinajstić information content (AvgIpc) is 3.30. The Labute approximate surface area is 166 Å². The predicted molar refractivity (Wildman–Crippen MR) is 104 cm³/mol. The molecule has 2 heterocycles. The molecule has 0 saturated carbocycles. The SMILES string of the molecule is Cc1ccc(/C(O)=C2\C(=O)C(=O)N(Cc3ccco3)[C@@H]2c2cccc(F)c2)cc1. The molecule has 1 amide bonds. The summed E-state index contributed by atoms with van der Waals surface area (Å²) in [5, 5.41) is 10.9. The fourth-order valence-electron chi connectivity index (χ4n) is 3.50. The van der Waals surface area contributed by atoms with Crippen molar-refractivity contribution in [3.63, 3.8) is 0 Å². The summed E-state index contributed by atoms with van der Waals surface area (Å²) in [6.07, 6.45) is 1.47. The number of aliphatic hydroxyl groups excluding tert-OH is 1. The molecular weight excluding hydrogens is 373 g/mol. The van der Waals surface area contributed by atoms with Crippen molar-refractivity contribution in [2.75, 3.05) is 0 Å². The highest BCUT2D eigenvalue weighted by atomic mass is 19.1. The van der Waals surface area contributed by atoms with Crippen molar-refractivity contribution in [1.29, 1.82) is 0 Å². The van der Waals surface area contributed by atoms with E-state index in [1.807, 2.05) is 6.92 Å². The molecule has 0 radical (unpaired) electrons. The molecule has 1 N–H and O–H groups in total. The number of aryl methyl sites for hydroxylation is 1. The molecule has 1 atom stereocenters. The maximum Gasteiger partial charge on any atom is 0.296 e. The van der Waals surface area contributed by atoms with Crippen LogP contribution in [0.5, 0.6) is 0 Å². The van der Waals surface area contributed by atoms with E-state index in [2.05, 4.69) is 0 Å². The van der Waals surface area contributed by atoms with Gasteiger partial charge in [0.15, 0.2) is 0 Å². The summed E-state index contributed by atoms with van der Waals surface area (Å²) >= 11 is 0. The smallest absolute Gasteiger partial charge is 0.296 e. The third-order valence-corrected chi connectivity index (χ3v) is 4.94. The number of furan rings is 1. The highest BCUT2D eigenvalue weighted by molar-refractivity contribution is 6.46. The fraction of sp³-hybridized carbons (Fsp3) is 0.130. The quantitative estimate of drug-likeness (QED) is 0.408. The number of rotatable bonds is 4. The minimum absolute atomic E-state index is 0.0173. The van der Waals surface area contributed by atoms with Crippen molar-refractivity contribution in [3.05, 3.63) is 101 Å². The minimum Gasteiger partial charge on any atom is -0.507 e. The number of carbonyl (C=O) groups is 2. The number of Topliss-reactive ketones (excluding diaryl/α,β-unsaturated/α-hetero) is 1. The highest BCUT2D eigenvalue weighted by Crippen LogP contribution is 2.40. The normalized spacial score (nSPS) is 18.4. The van der Waals surface area contributed by atoms with Crippen LogP contribution in [0.3, 0.4) is 0 Å². The first-order valence-electron chi connectivity index (χ1n) is 9.09. The van der Waals surface area contributed by atoms with E-state index >= 15 is 0 Å². The Morgan fingerprint density at radius 3 is 2.52 bits per heavy atom.